The predicted octanol–water partition coefficient (Wildman–Crippen LogP) is 3.95. The van der Waals surface area contributed by atoms with E-state index in [0.29, 0.717) is 0 Å². The van der Waals surface area contributed by atoms with Crippen molar-refractivity contribution in [3.8, 4) is 0 Å². The number of rotatable bonds is 3. The van der Waals surface area contributed by atoms with Crippen LogP contribution in [0.15, 0.2) is 42.5 Å². The highest BCUT2D eigenvalue weighted by Crippen LogP contribution is 2.25. The lowest BCUT2D eigenvalue weighted by atomic mass is 10.1. The van der Waals surface area contributed by atoms with Gasteiger partial charge in [0.1, 0.15) is 0 Å². The Bertz CT molecular complexity index is 899. The first kappa shape index (κ1) is 15.2. The molecule has 0 saturated heterocycles. The zero-order valence-electron chi connectivity index (χ0n) is 12.9. The molecule has 0 aliphatic rings. The molecule has 5 heteroatoms. The van der Waals surface area contributed by atoms with Gasteiger partial charge in [0, 0.05) is 35.4 Å². The van der Waals surface area contributed by atoms with Gasteiger partial charge >= 0.3 is 0 Å². The highest BCUT2D eigenvalue weighted by atomic mass is 19.2. The molecule has 0 radical (unpaired) electrons. The van der Waals surface area contributed by atoms with Crippen LogP contribution in [0, 0.1) is 18.6 Å². The van der Waals surface area contributed by atoms with Crippen molar-refractivity contribution in [1.82, 2.24) is 4.57 Å². The molecule has 3 nitrogen and oxygen atoms in total. The number of hydrogen-bond donors (Lipinski definition) is 1. The Morgan fingerprint density at radius 1 is 1.13 bits per heavy atom. The Morgan fingerprint density at radius 3 is 2.61 bits per heavy atom. The fraction of sp³-hybridized carbons (Fsp3) is 0.167. The van der Waals surface area contributed by atoms with Crippen molar-refractivity contribution in [3.63, 3.8) is 0 Å². The van der Waals surface area contributed by atoms with Gasteiger partial charge in [-0.25, -0.2) is 8.78 Å². The van der Waals surface area contributed by atoms with Crippen molar-refractivity contribution >= 4 is 22.5 Å². The van der Waals surface area contributed by atoms with E-state index >= 15 is 0 Å². The number of aryl methyl sites for hydroxylation is 1. The number of carbonyl (C=O) groups is 1. The molecule has 1 aromatic heterocycles. The minimum atomic E-state index is -0.982. The smallest absolute Gasteiger partial charge is 0.228 e. The number of amides is 1. The van der Waals surface area contributed by atoms with Crippen LogP contribution in [0.2, 0.25) is 0 Å². The van der Waals surface area contributed by atoms with E-state index in [1.165, 1.54) is 6.07 Å². The van der Waals surface area contributed by atoms with Gasteiger partial charge in [-0.3, -0.25) is 4.79 Å². The van der Waals surface area contributed by atoms with Gasteiger partial charge in [-0.05, 0) is 30.7 Å². The van der Waals surface area contributed by atoms with Crippen molar-refractivity contribution in [2.45, 2.75) is 13.3 Å². The molecule has 0 saturated carbocycles. The summed E-state index contributed by atoms with van der Waals surface area (Å²) in [5.74, 6) is -2.19. The van der Waals surface area contributed by atoms with Crippen LogP contribution in [0.3, 0.4) is 0 Å². The first-order valence-corrected chi connectivity index (χ1v) is 7.25. The average molecular weight is 314 g/mol. The third-order valence-electron chi connectivity index (χ3n) is 4.07. The number of para-hydroxylation sites is 1. The van der Waals surface area contributed by atoms with E-state index in [4.69, 9.17) is 0 Å². The maximum atomic E-state index is 13.2. The van der Waals surface area contributed by atoms with Crippen molar-refractivity contribution in [2.24, 2.45) is 7.05 Å². The summed E-state index contributed by atoms with van der Waals surface area (Å²) >= 11 is 0. The maximum Gasteiger partial charge on any atom is 0.228 e. The Morgan fingerprint density at radius 2 is 1.87 bits per heavy atom. The summed E-state index contributed by atoms with van der Waals surface area (Å²) in [6, 6.07) is 11.2. The van der Waals surface area contributed by atoms with Gasteiger partial charge in [0.15, 0.2) is 11.6 Å². The highest BCUT2D eigenvalue weighted by Gasteiger charge is 2.15. The van der Waals surface area contributed by atoms with E-state index in [0.717, 1.165) is 34.3 Å². The molecule has 0 bridgehead atoms. The van der Waals surface area contributed by atoms with Gasteiger partial charge in [-0.15, -0.1) is 0 Å². The number of nitrogens with one attached hydrogen (secondary N) is 1. The third kappa shape index (κ3) is 2.82. The Balaban J connectivity index is 1.86. The Labute approximate surface area is 132 Å². The molecule has 3 aromatic rings. The van der Waals surface area contributed by atoms with Crippen LogP contribution in [0.25, 0.3) is 10.9 Å². The van der Waals surface area contributed by atoms with E-state index in [1.54, 1.807) is 0 Å². The van der Waals surface area contributed by atoms with Crippen molar-refractivity contribution in [3.05, 3.63) is 65.4 Å². The number of nitrogens with zero attached hydrogens (tertiary/aromatic N) is 1. The number of aromatic nitrogens is 1. The number of carbonyl (C=O) groups excluding carboxylic acids is 1. The summed E-state index contributed by atoms with van der Waals surface area (Å²) in [6.45, 7) is 1.96. The topological polar surface area (TPSA) is 34.0 Å². The fourth-order valence-corrected chi connectivity index (χ4v) is 2.76. The van der Waals surface area contributed by atoms with Gasteiger partial charge < -0.3 is 9.88 Å². The standard InChI is InChI=1S/C18H16F2N2O/c1-11-14(13-5-3-4-6-17(13)22(11)2)10-18(23)21-12-7-8-15(19)16(20)9-12/h3-9H,10H2,1-2H3,(H,21,23). The molecule has 0 aliphatic heterocycles. The highest BCUT2D eigenvalue weighted by molar-refractivity contribution is 5.96. The van der Waals surface area contributed by atoms with E-state index in [9.17, 15) is 13.6 Å². The van der Waals surface area contributed by atoms with Crippen LogP contribution in [-0.2, 0) is 18.3 Å². The van der Waals surface area contributed by atoms with Crippen LogP contribution < -0.4 is 5.32 Å². The van der Waals surface area contributed by atoms with Crippen LogP contribution >= 0.6 is 0 Å². The predicted molar refractivity (Wildman–Crippen MR) is 86.3 cm³/mol. The number of anilines is 1. The molecule has 23 heavy (non-hydrogen) atoms. The quantitative estimate of drug-likeness (QED) is 0.780. The van der Waals surface area contributed by atoms with Crippen molar-refractivity contribution < 1.29 is 13.6 Å². The second-order valence-corrected chi connectivity index (χ2v) is 5.49. The Kier molecular flexibility index (Phi) is 3.86. The lowest BCUT2D eigenvalue weighted by Gasteiger charge is -2.06. The number of fused-ring (bicyclic) bond motifs is 1. The van der Waals surface area contributed by atoms with Crippen LogP contribution in [0.5, 0.6) is 0 Å². The summed E-state index contributed by atoms with van der Waals surface area (Å²) in [7, 11) is 1.95. The minimum absolute atomic E-state index is 0.173. The second-order valence-electron chi connectivity index (χ2n) is 5.49. The molecule has 3 rings (SSSR count). The number of halogens is 2. The summed E-state index contributed by atoms with van der Waals surface area (Å²) in [5.41, 5.74) is 3.24. The summed E-state index contributed by atoms with van der Waals surface area (Å²) in [6.07, 6.45) is 0.173. The lowest BCUT2D eigenvalue weighted by Crippen LogP contribution is -2.15. The normalized spacial score (nSPS) is 11.0. The molecule has 0 atom stereocenters. The molecule has 0 fully saturated rings. The van der Waals surface area contributed by atoms with E-state index < -0.39 is 11.6 Å². The van der Waals surface area contributed by atoms with E-state index in [1.807, 2.05) is 42.8 Å². The SMILES string of the molecule is Cc1c(CC(=O)Nc2ccc(F)c(F)c2)c2ccccc2n1C. The molecular weight excluding hydrogens is 298 g/mol. The van der Waals surface area contributed by atoms with Crippen molar-refractivity contribution in [2.75, 3.05) is 5.32 Å². The first-order chi connectivity index (χ1) is 11.0. The van der Waals surface area contributed by atoms with Crippen LogP contribution in [0.4, 0.5) is 14.5 Å². The molecule has 0 aliphatic carbocycles. The van der Waals surface area contributed by atoms with Gasteiger partial charge in [0.25, 0.3) is 0 Å². The molecule has 0 spiro atoms. The number of hydrogen-bond acceptors (Lipinski definition) is 1. The van der Waals surface area contributed by atoms with E-state index in [-0.39, 0.29) is 18.0 Å². The summed E-state index contributed by atoms with van der Waals surface area (Å²) in [4.78, 5) is 12.2. The minimum Gasteiger partial charge on any atom is -0.348 e. The lowest BCUT2D eigenvalue weighted by molar-refractivity contribution is -0.115. The molecule has 118 valence electrons. The van der Waals surface area contributed by atoms with Gasteiger partial charge in [-0.2, -0.15) is 0 Å². The summed E-state index contributed by atoms with van der Waals surface area (Å²) < 4.78 is 28.2. The van der Waals surface area contributed by atoms with Gasteiger partial charge in [0.05, 0.1) is 6.42 Å². The Hall–Kier alpha value is -2.69. The zero-order chi connectivity index (χ0) is 16.6. The molecule has 1 heterocycles. The van der Waals surface area contributed by atoms with Crippen LogP contribution in [0.1, 0.15) is 11.3 Å². The summed E-state index contributed by atoms with van der Waals surface area (Å²) in [5, 5.41) is 3.63. The van der Waals surface area contributed by atoms with Crippen molar-refractivity contribution in [1.29, 1.82) is 0 Å². The molecule has 2 aromatic carbocycles. The average Bonchev–Trinajstić information content (AvgIpc) is 2.76. The third-order valence-corrected chi connectivity index (χ3v) is 4.07. The van der Waals surface area contributed by atoms with Gasteiger partial charge in [0.2, 0.25) is 5.91 Å². The fourth-order valence-electron chi connectivity index (χ4n) is 2.76. The molecular formula is C18H16F2N2O. The monoisotopic (exact) mass is 314 g/mol. The number of benzene rings is 2. The molecule has 1 N–H and O–H groups in total. The zero-order valence-corrected chi connectivity index (χ0v) is 12.9. The van der Waals surface area contributed by atoms with Gasteiger partial charge in [-0.1, -0.05) is 18.2 Å². The maximum absolute atomic E-state index is 13.2. The molecule has 0 unspecified atom stereocenters. The van der Waals surface area contributed by atoms with Crippen LogP contribution in [-0.4, -0.2) is 10.5 Å². The van der Waals surface area contributed by atoms with E-state index in [2.05, 4.69) is 5.32 Å². The first-order valence-electron chi connectivity index (χ1n) is 7.25. The second kappa shape index (κ2) is 5.83. The largest absolute Gasteiger partial charge is 0.348 e. The molecule has 1 amide bonds.